The van der Waals surface area contributed by atoms with Gasteiger partial charge < -0.3 is 0 Å². The van der Waals surface area contributed by atoms with Gasteiger partial charge in [0.2, 0.25) is 0 Å². The first-order valence-electron chi connectivity index (χ1n) is 4.02. The van der Waals surface area contributed by atoms with E-state index in [4.69, 9.17) is 34.8 Å². The van der Waals surface area contributed by atoms with Crippen LogP contribution in [0.2, 0.25) is 0 Å². The topological polar surface area (TPSA) is 0 Å². The molecule has 0 aromatic rings. The molecule has 66 valence electrons. The number of hydrogen-bond acceptors (Lipinski definition) is 0. The van der Waals surface area contributed by atoms with E-state index in [1.807, 2.05) is 0 Å². The zero-order valence-corrected chi connectivity index (χ0v) is 8.94. The van der Waals surface area contributed by atoms with Crippen LogP contribution in [0.5, 0.6) is 0 Å². The van der Waals surface area contributed by atoms with Crippen LogP contribution in [0.4, 0.5) is 0 Å². The second kappa shape index (κ2) is 3.32. The third-order valence-electron chi connectivity index (χ3n) is 2.64. The van der Waals surface area contributed by atoms with Gasteiger partial charge in [-0.3, -0.25) is 0 Å². The van der Waals surface area contributed by atoms with Crippen molar-refractivity contribution in [2.24, 2.45) is 5.41 Å². The molecule has 0 aliphatic heterocycles. The minimum atomic E-state index is -1.08. The van der Waals surface area contributed by atoms with Crippen molar-refractivity contribution in [3.8, 4) is 0 Å². The van der Waals surface area contributed by atoms with Gasteiger partial charge in [0.1, 0.15) is 0 Å². The van der Waals surface area contributed by atoms with Crippen molar-refractivity contribution in [2.45, 2.75) is 42.8 Å². The lowest BCUT2D eigenvalue weighted by Crippen LogP contribution is -2.34. The molecule has 1 rings (SSSR count). The van der Waals surface area contributed by atoms with E-state index in [1.54, 1.807) is 0 Å². The minimum Gasteiger partial charge on any atom is -0.0831 e. The van der Waals surface area contributed by atoms with E-state index in [2.05, 4.69) is 6.92 Å². The summed E-state index contributed by atoms with van der Waals surface area (Å²) in [6.45, 7) is 2.07. The predicted octanol–water partition coefficient (Wildman–Crippen LogP) is 4.33. The fourth-order valence-electron chi connectivity index (χ4n) is 1.62. The van der Waals surface area contributed by atoms with Gasteiger partial charge in [0, 0.05) is 5.41 Å². The summed E-state index contributed by atoms with van der Waals surface area (Å²) < 4.78 is -1.08. The second-order valence-corrected chi connectivity index (χ2v) is 5.90. The number of alkyl halides is 3. The van der Waals surface area contributed by atoms with Crippen LogP contribution >= 0.6 is 34.8 Å². The third kappa shape index (κ3) is 2.17. The highest BCUT2D eigenvalue weighted by Crippen LogP contribution is 2.52. The van der Waals surface area contributed by atoms with Crippen molar-refractivity contribution < 1.29 is 0 Å². The summed E-state index contributed by atoms with van der Waals surface area (Å²) in [6.07, 6.45) is 5.78. The van der Waals surface area contributed by atoms with Gasteiger partial charge in [-0.25, -0.2) is 0 Å². The highest BCUT2D eigenvalue weighted by Gasteiger charge is 2.44. The van der Waals surface area contributed by atoms with Gasteiger partial charge in [0.15, 0.2) is 3.79 Å². The molecule has 1 aliphatic rings. The lowest BCUT2D eigenvalue weighted by Gasteiger charge is -2.39. The first-order valence-corrected chi connectivity index (χ1v) is 5.16. The standard InChI is InChI=1S/C8H13Cl3/c1-7(8(9,10)11)5-3-2-4-6-7/h2-6H2,1H3. The molecule has 0 saturated heterocycles. The Balaban J connectivity index is 2.64. The Morgan fingerprint density at radius 3 is 1.73 bits per heavy atom. The number of halogens is 3. The normalized spacial score (nSPS) is 25.1. The molecule has 0 atom stereocenters. The maximum absolute atomic E-state index is 5.88. The van der Waals surface area contributed by atoms with E-state index in [0.29, 0.717) is 0 Å². The molecule has 0 heterocycles. The predicted molar refractivity (Wildman–Crippen MR) is 51.5 cm³/mol. The van der Waals surface area contributed by atoms with Crippen LogP contribution < -0.4 is 0 Å². The van der Waals surface area contributed by atoms with Gasteiger partial charge in [-0.05, 0) is 12.8 Å². The summed E-state index contributed by atoms with van der Waals surface area (Å²) >= 11 is 17.7. The van der Waals surface area contributed by atoms with E-state index in [1.165, 1.54) is 19.3 Å². The number of rotatable bonds is 0. The highest BCUT2D eigenvalue weighted by atomic mass is 35.6. The SMILES string of the molecule is CC1(C(Cl)(Cl)Cl)CCCCC1. The fourth-order valence-corrected chi connectivity index (χ4v) is 2.18. The zero-order valence-electron chi connectivity index (χ0n) is 6.67. The Kier molecular flexibility index (Phi) is 3.00. The van der Waals surface area contributed by atoms with E-state index in [0.717, 1.165) is 12.8 Å². The molecule has 1 aliphatic carbocycles. The van der Waals surface area contributed by atoms with Crippen LogP contribution in [0.1, 0.15) is 39.0 Å². The van der Waals surface area contributed by atoms with Crippen molar-refractivity contribution in [1.29, 1.82) is 0 Å². The lowest BCUT2D eigenvalue weighted by atomic mass is 9.77. The van der Waals surface area contributed by atoms with Crippen LogP contribution in [0.15, 0.2) is 0 Å². The first-order chi connectivity index (χ1) is 4.96. The molecule has 0 aromatic carbocycles. The maximum atomic E-state index is 5.88. The molecule has 0 spiro atoms. The molecular formula is C8H13Cl3. The van der Waals surface area contributed by atoms with Crippen molar-refractivity contribution in [3.05, 3.63) is 0 Å². The van der Waals surface area contributed by atoms with Gasteiger partial charge >= 0.3 is 0 Å². The van der Waals surface area contributed by atoms with E-state index in [9.17, 15) is 0 Å². The summed E-state index contributed by atoms with van der Waals surface area (Å²) in [7, 11) is 0. The molecular weight excluding hydrogens is 202 g/mol. The van der Waals surface area contributed by atoms with Crippen molar-refractivity contribution >= 4 is 34.8 Å². The Morgan fingerprint density at radius 2 is 1.45 bits per heavy atom. The van der Waals surface area contributed by atoms with Crippen LogP contribution in [-0.2, 0) is 0 Å². The Bertz CT molecular complexity index is 131. The first kappa shape index (κ1) is 9.95. The molecule has 0 unspecified atom stereocenters. The Hall–Kier alpha value is 0.870. The summed E-state index contributed by atoms with van der Waals surface area (Å²) in [5, 5.41) is 0. The quantitative estimate of drug-likeness (QED) is 0.528. The molecule has 0 nitrogen and oxygen atoms in total. The number of hydrogen-bond donors (Lipinski definition) is 0. The smallest absolute Gasteiger partial charge is 0.0831 e. The van der Waals surface area contributed by atoms with Crippen molar-refractivity contribution in [2.75, 3.05) is 0 Å². The largest absolute Gasteiger partial charge is 0.195 e. The van der Waals surface area contributed by atoms with E-state index < -0.39 is 3.79 Å². The van der Waals surface area contributed by atoms with E-state index in [-0.39, 0.29) is 5.41 Å². The monoisotopic (exact) mass is 214 g/mol. The van der Waals surface area contributed by atoms with Crippen molar-refractivity contribution in [3.63, 3.8) is 0 Å². The zero-order chi connectivity index (χ0) is 8.54. The fraction of sp³-hybridized carbons (Fsp3) is 1.00. The molecule has 0 bridgehead atoms. The second-order valence-electron chi connectivity index (χ2n) is 3.62. The molecule has 0 amide bonds. The molecule has 3 heteroatoms. The summed E-state index contributed by atoms with van der Waals surface area (Å²) in [4.78, 5) is 0. The molecule has 1 saturated carbocycles. The van der Waals surface area contributed by atoms with Crippen molar-refractivity contribution in [1.82, 2.24) is 0 Å². The molecule has 11 heavy (non-hydrogen) atoms. The molecule has 0 aromatic heterocycles. The van der Waals surface area contributed by atoms with Crippen LogP contribution in [0.25, 0.3) is 0 Å². The average Bonchev–Trinajstić information content (AvgIpc) is 1.87. The molecule has 0 radical (unpaired) electrons. The lowest BCUT2D eigenvalue weighted by molar-refractivity contribution is 0.220. The summed E-state index contributed by atoms with van der Waals surface area (Å²) in [5.74, 6) is 0. The average molecular weight is 216 g/mol. The van der Waals surface area contributed by atoms with E-state index >= 15 is 0 Å². The van der Waals surface area contributed by atoms with Gasteiger partial charge in [-0.1, -0.05) is 61.0 Å². The Labute approximate surface area is 83.2 Å². The third-order valence-corrected chi connectivity index (χ3v) is 4.01. The van der Waals surface area contributed by atoms with Gasteiger partial charge in [-0.2, -0.15) is 0 Å². The van der Waals surface area contributed by atoms with Gasteiger partial charge in [0.05, 0.1) is 0 Å². The van der Waals surface area contributed by atoms with Gasteiger partial charge in [-0.15, -0.1) is 0 Å². The maximum Gasteiger partial charge on any atom is 0.195 e. The van der Waals surface area contributed by atoms with Crippen LogP contribution in [-0.4, -0.2) is 3.79 Å². The van der Waals surface area contributed by atoms with Crippen LogP contribution in [0.3, 0.4) is 0 Å². The summed E-state index contributed by atoms with van der Waals surface area (Å²) in [5.41, 5.74) is -0.0874. The molecule has 0 N–H and O–H groups in total. The minimum absolute atomic E-state index is 0.0874. The highest BCUT2D eigenvalue weighted by molar-refractivity contribution is 6.68. The Morgan fingerprint density at radius 1 is 1.00 bits per heavy atom. The molecule has 1 fully saturated rings. The van der Waals surface area contributed by atoms with Crippen LogP contribution in [0, 0.1) is 5.41 Å². The van der Waals surface area contributed by atoms with Gasteiger partial charge in [0.25, 0.3) is 0 Å². The summed E-state index contributed by atoms with van der Waals surface area (Å²) in [6, 6.07) is 0.